The van der Waals surface area contributed by atoms with Crippen molar-refractivity contribution in [2.75, 3.05) is 0 Å². The molecule has 0 bridgehead atoms. The van der Waals surface area contributed by atoms with Gasteiger partial charge in [-0.05, 0) is 17.5 Å². The summed E-state index contributed by atoms with van der Waals surface area (Å²) in [6.45, 7) is 9.43. The van der Waals surface area contributed by atoms with Crippen LogP contribution in [0.2, 0.25) is 13.1 Å². The molecule has 0 N–H and O–H groups in total. The minimum Gasteiger partial charge on any atom is -1.00 e. The Balaban J connectivity index is 0.000000304. The van der Waals surface area contributed by atoms with Gasteiger partial charge < -0.3 is 30.7 Å². The summed E-state index contributed by atoms with van der Waals surface area (Å²) in [5.41, 5.74) is 2.95. The molecule has 1 atom stereocenters. The number of hydrogen-bond donors (Lipinski definition) is 0. The molecule has 0 aromatic heterocycles. The first-order chi connectivity index (χ1) is 14.1. The van der Waals surface area contributed by atoms with Gasteiger partial charge in [0.05, 0.1) is 0 Å². The Bertz CT molecular complexity index is 1020. The second-order valence-corrected chi connectivity index (χ2v) is 13.4. The predicted octanol–water partition coefficient (Wildman–Crippen LogP) is 1.06. The van der Waals surface area contributed by atoms with Gasteiger partial charge in [-0.3, -0.25) is 0 Å². The molecule has 1 unspecified atom stereocenters. The first kappa shape index (κ1) is 29.5. The van der Waals surface area contributed by atoms with Crippen LogP contribution in [0.5, 0.6) is 0 Å². The largest absolute Gasteiger partial charge is 4.00 e. The maximum Gasteiger partial charge on any atom is 4.00 e. The van der Waals surface area contributed by atoms with Crippen molar-refractivity contribution in [3.63, 3.8) is 0 Å². The molecule has 1 aliphatic heterocycles. The molecule has 1 aliphatic carbocycles. The fourth-order valence-corrected chi connectivity index (χ4v) is 8.36. The number of halogens is 2. The van der Waals surface area contributed by atoms with Crippen molar-refractivity contribution >= 4 is 35.3 Å². The average molecular weight is 561 g/mol. The van der Waals surface area contributed by atoms with E-state index in [1.165, 1.54) is 54.0 Å². The second kappa shape index (κ2) is 12.8. The molecule has 0 radical (unpaired) electrons. The van der Waals surface area contributed by atoms with Gasteiger partial charge in [0.1, 0.15) is 0 Å². The van der Waals surface area contributed by atoms with E-state index in [4.69, 9.17) is 0 Å². The molecule has 0 spiro atoms. The molecule has 0 saturated heterocycles. The molecule has 0 amide bonds. The van der Waals surface area contributed by atoms with E-state index < -0.39 is 8.07 Å². The molecular weight excluding hydrogens is 527 g/mol. The molecular formula is C28H34Cl2SiZr. The van der Waals surface area contributed by atoms with Crippen molar-refractivity contribution < 1.29 is 51.0 Å². The number of benzene rings is 2. The molecule has 5 rings (SSSR count). The van der Waals surface area contributed by atoms with E-state index in [0.29, 0.717) is 5.92 Å². The van der Waals surface area contributed by atoms with Gasteiger partial charge >= 0.3 is 26.2 Å². The fraction of sp³-hybridized carbons (Fsp3) is 0.357. The van der Waals surface area contributed by atoms with Crippen molar-refractivity contribution in [1.29, 1.82) is 0 Å². The van der Waals surface area contributed by atoms with Gasteiger partial charge in [-0.15, -0.1) is 29.7 Å². The Morgan fingerprint density at radius 2 is 1.59 bits per heavy atom. The van der Waals surface area contributed by atoms with Gasteiger partial charge in [-0.1, -0.05) is 75.8 Å². The Hall–Kier alpha value is -0.530. The molecule has 0 fully saturated rings. The first-order valence-corrected chi connectivity index (χ1v) is 14.4. The quantitative estimate of drug-likeness (QED) is 0.313. The summed E-state index contributed by atoms with van der Waals surface area (Å²) < 4.78 is 0. The zero-order valence-corrected chi connectivity index (χ0v) is 24.7. The summed E-state index contributed by atoms with van der Waals surface area (Å²) in [6.07, 6.45) is 11.1. The standard InChI is InChI=1S/C17H23.C11H11Si.2ClH.Zr/c1-3-14(4-2)8-7-10-16-13-12-15-9-5-6-11-17(15)16;1-12(2)10-7-8-5-3-4-6-9(8)11(10)12;;;/h5-6,9,11-13,16H,3-4,7-8,10H2,1-2H3;3-7H,1-2H3;2*1H;/q2*-1;;;+4/p-2. The maximum atomic E-state index is 2.43. The van der Waals surface area contributed by atoms with Crippen molar-refractivity contribution in [3.8, 4) is 0 Å². The van der Waals surface area contributed by atoms with Crippen molar-refractivity contribution in [1.82, 2.24) is 0 Å². The Kier molecular flexibility index (Phi) is 11.8. The van der Waals surface area contributed by atoms with Crippen LogP contribution in [-0.2, 0) is 26.2 Å². The van der Waals surface area contributed by atoms with Crippen molar-refractivity contribution in [2.45, 2.75) is 65.0 Å². The summed E-state index contributed by atoms with van der Waals surface area (Å²) in [7, 11) is -0.981. The zero-order chi connectivity index (χ0) is 20.4. The molecule has 0 nitrogen and oxygen atoms in total. The Labute approximate surface area is 227 Å². The van der Waals surface area contributed by atoms with E-state index in [9.17, 15) is 0 Å². The SMILES string of the molecule is CC[C-](CC)CCCC1C=Cc2ccccc21.C[Si]1(C)c2[cH-]c3ccccc3c21.[Cl-].[Cl-].[Zr+4]. The second-order valence-electron chi connectivity index (χ2n) is 9.09. The molecule has 3 aromatic rings. The number of allylic oxidation sites excluding steroid dienone is 1. The fourth-order valence-electron chi connectivity index (χ4n) is 4.99. The minimum atomic E-state index is -0.981. The molecule has 2 aliphatic rings. The summed E-state index contributed by atoms with van der Waals surface area (Å²) in [5, 5.41) is 6.35. The Morgan fingerprint density at radius 1 is 0.938 bits per heavy atom. The van der Waals surface area contributed by atoms with Gasteiger partial charge in [0.15, 0.2) is 0 Å². The third-order valence-corrected chi connectivity index (χ3v) is 10.3. The van der Waals surface area contributed by atoms with Crippen molar-refractivity contribution in [2.24, 2.45) is 0 Å². The third kappa shape index (κ3) is 6.12. The van der Waals surface area contributed by atoms with Crippen LogP contribution in [-0.4, -0.2) is 8.07 Å². The number of fused-ring (bicyclic) bond motifs is 4. The summed E-state index contributed by atoms with van der Waals surface area (Å²) in [5.74, 6) is 2.39. The minimum absolute atomic E-state index is 0. The van der Waals surface area contributed by atoms with Gasteiger partial charge in [0.25, 0.3) is 0 Å². The predicted molar refractivity (Wildman–Crippen MR) is 132 cm³/mol. The van der Waals surface area contributed by atoms with Gasteiger partial charge in [-0.2, -0.15) is 35.0 Å². The summed E-state index contributed by atoms with van der Waals surface area (Å²) >= 11 is 0. The molecule has 168 valence electrons. The first-order valence-electron chi connectivity index (χ1n) is 11.4. The van der Waals surface area contributed by atoms with Crippen LogP contribution in [0.15, 0.2) is 60.7 Å². The van der Waals surface area contributed by atoms with Crippen LogP contribution >= 0.6 is 0 Å². The van der Waals surface area contributed by atoms with E-state index in [1.807, 2.05) is 0 Å². The van der Waals surface area contributed by atoms with Crippen LogP contribution < -0.4 is 35.2 Å². The van der Waals surface area contributed by atoms with E-state index in [1.54, 1.807) is 16.3 Å². The zero-order valence-electron chi connectivity index (χ0n) is 19.7. The molecule has 32 heavy (non-hydrogen) atoms. The van der Waals surface area contributed by atoms with E-state index in [-0.39, 0.29) is 51.0 Å². The number of hydrogen-bond acceptors (Lipinski definition) is 0. The average Bonchev–Trinajstić information content (AvgIpc) is 3.11. The van der Waals surface area contributed by atoms with Crippen LogP contribution in [0.1, 0.15) is 63.0 Å². The van der Waals surface area contributed by atoms with E-state index in [2.05, 4.69) is 93.7 Å². The van der Waals surface area contributed by atoms with Crippen LogP contribution in [0, 0.1) is 5.92 Å². The Morgan fingerprint density at radius 3 is 2.31 bits per heavy atom. The van der Waals surface area contributed by atoms with Crippen molar-refractivity contribution in [3.05, 3.63) is 77.7 Å². The van der Waals surface area contributed by atoms with Gasteiger partial charge in [0.2, 0.25) is 0 Å². The number of rotatable bonds is 6. The summed E-state index contributed by atoms with van der Waals surface area (Å²) in [4.78, 5) is 0. The maximum absolute atomic E-state index is 2.43. The van der Waals surface area contributed by atoms with Gasteiger partial charge in [0, 0.05) is 14.0 Å². The van der Waals surface area contributed by atoms with Crippen LogP contribution in [0.4, 0.5) is 0 Å². The molecule has 0 saturated carbocycles. The topological polar surface area (TPSA) is 0 Å². The monoisotopic (exact) mass is 558 g/mol. The third-order valence-electron chi connectivity index (χ3n) is 6.98. The molecule has 1 heterocycles. The van der Waals surface area contributed by atoms with E-state index >= 15 is 0 Å². The van der Waals surface area contributed by atoms with Crippen LogP contribution in [0.25, 0.3) is 16.8 Å². The van der Waals surface area contributed by atoms with Gasteiger partial charge in [-0.25, -0.2) is 0 Å². The smallest absolute Gasteiger partial charge is 1.00 e. The summed E-state index contributed by atoms with van der Waals surface area (Å²) in [6, 6.07) is 19.9. The van der Waals surface area contributed by atoms with E-state index in [0.717, 1.165) is 0 Å². The normalized spacial score (nSPS) is 16.1. The molecule has 3 aromatic carbocycles. The van der Waals surface area contributed by atoms with Crippen LogP contribution in [0.3, 0.4) is 0 Å². The molecule has 4 heteroatoms.